The van der Waals surface area contributed by atoms with Gasteiger partial charge >= 0.3 is 5.69 Å². The molecule has 3 N–H and O–H groups in total. The summed E-state index contributed by atoms with van der Waals surface area (Å²) >= 11 is 0. The lowest BCUT2D eigenvalue weighted by Gasteiger charge is -2.36. The molecule has 0 saturated carbocycles. The van der Waals surface area contributed by atoms with Crippen LogP contribution in [0.5, 0.6) is 0 Å². The van der Waals surface area contributed by atoms with E-state index < -0.39 is 4.92 Å². The van der Waals surface area contributed by atoms with Crippen LogP contribution in [0.15, 0.2) is 12.1 Å². The first-order chi connectivity index (χ1) is 9.63. The molecule has 0 radical (unpaired) electrons. The second-order valence-electron chi connectivity index (χ2n) is 5.07. The molecule has 1 saturated heterocycles. The number of nitrogens with zero attached hydrogens (tertiary/aromatic N) is 3. The lowest BCUT2D eigenvalue weighted by atomic mass is 9.99. The smallest absolute Gasteiger partial charge is 0.311 e. The Hall–Kier alpha value is -1.89. The van der Waals surface area contributed by atoms with Gasteiger partial charge in [-0.15, -0.1) is 0 Å². The van der Waals surface area contributed by atoms with E-state index in [1.807, 2.05) is 7.05 Å². The van der Waals surface area contributed by atoms with Gasteiger partial charge in [0.05, 0.1) is 4.92 Å². The topological polar surface area (TPSA) is 97.3 Å². The highest BCUT2D eigenvalue weighted by Crippen LogP contribution is 2.28. The van der Waals surface area contributed by atoms with E-state index >= 15 is 0 Å². The summed E-state index contributed by atoms with van der Waals surface area (Å²) in [5, 5.41) is 13.9. The van der Waals surface area contributed by atoms with Gasteiger partial charge < -0.3 is 16.0 Å². The minimum Gasteiger partial charge on any atom is -0.378 e. The molecular formula is C13H21N5O2. The molecule has 0 aliphatic carbocycles. The summed E-state index contributed by atoms with van der Waals surface area (Å²) in [6.45, 7) is 1.88. The second-order valence-corrected chi connectivity index (χ2v) is 5.07. The van der Waals surface area contributed by atoms with Gasteiger partial charge in [-0.2, -0.15) is 0 Å². The summed E-state index contributed by atoms with van der Waals surface area (Å²) in [7, 11) is 1.94. The summed E-state index contributed by atoms with van der Waals surface area (Å²) < 4.78 is 0. The van der Waals surface area contributed by atoms with E-state index in [4.69, 9.17) is 5.73 Å². The molecule has 0 amide bonds. The Morgan fingerprint density at radius 2 is 2.35 bits per heavy atom. The standard InChI is InChI=1S/C13H21N5O2/c1-15-8-7-10-4-2-3-9-17(10)12-6-5-11(18(19)20)13(14)16-12/h5-6,10,15H,2-4,7-9H2,1H3,(H2,14,16). The number of pyridine rings is 1. The number of rotatable bonds is 5. The quantitative estimate of drug-likeness (QED) is 0.627. The third-order valence-electron chi connectivity index (χ3n) is 3.73. The van der Waals surface area contributed by atoms with E-state index in [0.717, 1.165) is 38.2 Å². The van der Waals surface area contributed by atoms with Crippen LogP contribution in [0.1, 0.15) is 25.7 Å². The first kappa shape index (κ1) is 14.5. The number of hydrogen-bond acceptors (Lipinski definition) is 6. The fraction of sp³-hybridized carbons (Fsp3) is 0.615. The van der Waals surface area contributed by atoms with Gasteiger partial charge in [0.15, 0.2) is 0 Å². The molecule has 2 heterocycles. The van der Waals surface area contributed by atoms with Crippen molar-refractivity contribution in [3.63, 3.8) is 0 Å². The van der Waals surface area contributed by atoms with Crippen LogP contribution in [0.25, 0.3) is 0 Å². The fourth-order valence-electron chi connectivity index (χ4n) is 2.68. The molecular weight excluding hydrogens is 258 g/mol. The predicted molar refractivity (Wildman–Crippen MR) is 78.8 cm³/mol. The molecule has 0 aromatic carbocycles. The van der Waals surface area contributed by atoms with Crippen molar-refractivity contribution in [2.75, 3.05) is 30.8 Å². The summed E-state index contributed by atoms with van der Waals surface area (Å²) in [6, 6.07) is 3.57. The highest BCUT2D eigenvalue weighted by atomic mass is 16.6. The Kier molecular flexibility index (Phi) is 4.73. The molecule has 1 aliphatic heterocycles. The zero-order chi connectivity index (χ0) is 14.5. The molecule has 0 bridgehead atoms. The maximum atomic E-state index is 10.8. The van der Waals surface area contributed by atoms with Crippen molar-refractivity contribution >= 4 is 17.3 Å². The number of nitro groups is 1. The highest BCUT2D eigenvalue weighted by Gasteiger charge is 2.24. The van der Waals surface area contributed by atoms with Gasteiger partial charge in [0.25, 0.3) is 0 Å². The summed E-state index contributed by atoms with van der Waals surface area (Å²) in [5.41, 5.74) is 5.56. The summed E-state index contributed by atoms with van der Waals surface area (Å²) in [5.74, 6) is 0.736. The molecule has 1 fully saturated rings. The molecule has 1 aliphatic rings. The van der Waals surface area contributed by atoms with E-state index in [2.05, 4.69) is 15.2 Å². The Labute approximate surface area is 118 Å². The minimum absolute atomic E-state index is 0.00885. The number of nitrogens with one attached hydrogen (secondary N) is 1. The molecule has 110 valence electrons. The van der Waals surface area contributed by atoms with Gasteiger partial charge in [-0.05, 0) is 45.3 Å². The Bertz CT molecular complexity index is 480. The molecule has 2 rings (SSSR count). The van der Waals surface area contributed by atoms with Crippen molar-refractivity contribution in [1.82, 2.24) is 10.3 Å². The predicted octanol–water partition coefficient (Wildman–Crippen LogP) is 1.54. The number of nitrogens with two attached hydrogens (primary N) is 1. The molecule has 1 atom stereocenters. The van der Waals surface area contributed by atoms with Crippen molar-refractivity contribution < 1.29 is 4.92 Å². The zero-order valence-electron chi connectivity index (χ0n) is 11.7. The van der Waals surface area contributed by atoms with E-state index in [0.29, 0.717) is 6.04 Å². The SMILES string of the molecule is CNCCC1CCCCN1c1ccc([N+](=O)[O-])c(N)n1. The van der Waals surface area contributed by atoms with Gasteiger partial charge in [0.1, 0.15) is 5.82 Å². The fourth-order valence-corrected chi connectivity index (χ4v) is 2.68. The van der Waals surface area contributed by atoms with Gasteiger partial charge in [0, 0.05) is 18.7 Å². The molecule has 20 heavy (non-hydrogen) atoms. The lowest BCUT2D eigenvalue weighted by molar-refractivity contribution is -0.384. The average molecular weight is 279 g/mol. The van der Waals surface area contributed by atoms with E-state index in [9.17, 15) is 10.1 Å². The van der Waals surface area contributed by atoms with Crippen LogP contribution in [0.4, 0.5) is 17.3 Å². The zero-order valence-corrected chi connectivity index (χ0v) is 11.7. The first-order valence-corrected chi connectivity index (χ1v) is 6.95. The highest BCUT2D eigenvalue weighted by molar-refractivity contribution is 5.58. The molecule has 1 aromatic rings. The maximum Gasteiger partial charge on any atom is 0.311 e. The van der Waals surface area contributed by atoms with Crippen molar-refractivity contribution in [1.29, 1.82) is 0 Å². The maximum absolute atomic E-state index is 10.8. The number of aromatic nitrogens is 1. The first-order valence-electron chi connectivity index (χ1n) is 6.95. The van der Waals surface area contributed by atoms with Gasteiger partial charge in [0.2, 0.25) is 5.82 Å². The van der Waals surface area contributed by atoms with Crippen LogP contribution >= 0.6 is 0 Å². The van der Waals surface area contributed by atoms with Crippen LogP contribution in [0.3, 0.4) is 0 Å². The van der Waals surface area contributed by atoms with Gasteiger partial charge in [-0.1, -0.05) is 0 Å². The minimum atomic E-state index is -0.499. The van der Waals surface area contributed by atoms with Crippen molar-refractivity contribution in [3.05, 3.63) is 22.2 Å². The van der Waals surface area contributed by atoms with Crippen LogP contribution in [0, 0.1) is 10.1 Å². The van der Waals surface area contributed by atoms with E-state index in [1.165, 1.54) is 12.5 Å². The van der Waals surface area contributed by atoms with Crippen LogP contribution in [-0.2, 0) is 0 Å². The van der Waals surface area contributed by atoms with Crippen LogP contribution < -0.4 is 16.0 Å². The number of nitrogen functional groups attached to an aromatic ring is 1. The third-order valence-corrected chi connectivity index (χ3v) is 3.73. The van der Waals surface area contributed by atoms with Crippen LogP contribution in [-0.4, -0.2) is 36.1 Å². The summed E-state index contributed by atoms with van der Waals surface area (Å²) in [6.07, 6.45) is 4.50. The monoisotopic (exact) mass is 279 g/mol. The Balaban J connectivity index is 2.19. The largest absolute Gasteiger partial charge is 0.378 e. The molecule has 1 unspecified atom stereocenters. The van der Waals surface area contributed by atoms with Crippen LogP contribution in [0.2, 0.25) is 0 Å². The second kappa shape index (κ2) is 6.51. The number of hydrogen-bond donors (Lipinski definition) is 2. The third kappa shape index (κ3) is 3.16. The molecule has 7 nitrogen and oxygen atoms in total. The Morgan fingerprint density at radius 3 is 3.00 bits per heavy atom. The molecule has 0 spiro atoms. The molecule has 1 aromatic heterocycles. The Morgan fingerprint density at radius 1 is 1.55 bits per heavy atom. The lowest BCUT2D eigenvalue weighted by Crippen LogP contribution is -2.41. The normalized spacial score (nSPS) is 19.1. The van der Waals surface area contributed by atoms with Crippen molar-refractivity contribution in [2.45, 2.75) is 31.7 Å². The average Bonchev–Trinajstić information content (AvgIpc) is 2.45. The van der Waals surface area contributed by atoms with Crippen molar-refractivity contribution in [2.24, 2.45) is 0 Å². The van der Waals surface area contributed by atoms with Crippen molar-refractivity contribution in [3.8, 4) is 0 Å². The molecule has 7 heteroatoms. The summed E-state index contributed by atoms with van der Waals surface area (Å²) in [4.78, 5) is 16.7. The number of piperidine rings is 1. The number of anilines is 2. The van der Waals surface area contributed by atoms with E-state index in [-0.39, 0.29) is 11.5 Å². The van der Waals surface area contributed by atoms with Gasteiger partial charge in [-0.25, -0.2) is 4.98 Å². The van der Waals surface area contributed by atoms with Gasteiger partial charge in [-0.3, -0.25) is 10.1 Å². The van der Waals surface area contributed by atoms with E-state index in [1.54, 1.807) is 6.07 Å².